The molecule has 21 heavy (non-hydrogen) atoms. The Kier molecular flexibility index (Phi) is 3.99. The predicted octanol–water partition coefficient (Wildman–Crippen LogP) is 3.02. The van der Waals surface area contributed by atoms with Crippen LogP contribution in [0.1, 0.15) is 19.3 Å². The van der Waals surface area contributed by atoms with Crippen molar-refractivity contribution >= 4 is 23.2 Å². The molecule has 0 aliphatic carbocycles. The molecule has 2 saturated heterocycles. The lowest BCUT2D eigenvalue weighted by molar-refractivity contribution is -0.120. The lowest BCUT2D eigenvalue weighted by Crippen LogP contribution is -2.32. The number of alkyl halides is 2. The molecule has 2 bridgehead atoms. The maximum atomic E-state index is 12.2. The van der Waals surface area contributed by atoms with Crippen LogP contribution in [-0.4, -0.2) is 24.6 Å². The van der Waals surface area contributed by atoms with Crippen molar-refractivity contribution in [3.63, 3.8) is 0 Å². The van der Waals surface area contributed by atoms with Gasteiger partial charge < -0.3 is 15.4 Å². The number of fused-ring (bicyclic) bond motifs is 2. The molecular formula is C14H15ClF2N2O2. The molecule has 3 atom stereocenters. The van der Waals surface area contributed by atoms with Gasteiger partial charge in [0, 0.05) is 17.8 Å². The average Bonchev–Trinajstić information content (AvgIpc) is 3.04. The highest BCUT2D eigenvalue weighted by Gasteiger charge is 2.42. The number of anilines is 1. The first kappa shape index (κ1) is 14.5. The summed E-state index contributed by atoms with van der Waals surface area (Å²) < 4.78 is 28.5. The largest absolute Gasteiger partial charge is 0.433 e. The molecule has 3 unspecified atom stereocenters. The highest BCUT2D eigenvalue weighted by Crippen LogP contribution is 2.34. The monoisotopic (exact) mass is 316 g/mol. The van der Waals surface area contributed by atoms with Crippen LogP contribution in [0.2, 0.25) is 5.02 Å². The Labute approximate surface area is 125 Å². The van der Waals surface area contributed by atoms with Gasteiger partial charge in [0.1, 0.15) is 5.75 Å². The van der Waals surface area contributed by atoms with Gasteiger partial charge in [0.25, 0.3) is 0 Å². The van der Waals surface area contributed by atoms with E-state index in [0.29, 0.717) is 11.7 Å². The summed E-state index contributed by atoms with van der Waals surface area (Å²) in [7, 11) is 0. The number of hydrogen-bond acceptors (Lipinski definition) is 3. The van der Waals surface area contributed by atoms with Crippen LogP contribution in [0.25, 0.3) is 0 Å². The molecule has 0 saturated carbocycles. The van der Waals surface area contributed by atoms with E-state index in [9.17, 15) is 13.6 Å². The smallest absolute Gasteiger partial charge is 0.387 e. The SMILES string of the molecule is O=C(Nc1ccc(OC(F)F)c(Cl)c1)C1CC2CCC1N2. The Morgan fingerprint density at radius 1 is 1.43 bits per heavy atom. The standard InChI is InChI=1S/C14H15ClF2N2O2/c15-10-6-8(2-4-12(10)21-14(16)17)19-13(20)9-5-7-1-3-11(9)18-7/h2,4,6-7,9,11,14,18H,1,3,5H2,(H,19,20). The van der Waals surface area contributed by atoms with Crippen molar-refractivity contribution < 1.29 is 18.3 Å². The van der Waals surface area contributed by atoms with Crippen molar-refractivity contribution in [2.75, 3.05) is 5.32 Å². The van der Waals surface area contributed by atoms with E-state index in [1.165, 1.54) is 18.2 Å². The number of carbonyl (C=O) groups excluding carboxylic acids is 1. The second kappa shape index (κ2) is 5.77. The van der Waals surface area contributed by atoms with Crippen LogP contribution in [0.15, 0.2) is 18.2 Å². The lowest BCUT2D eigenvalue weighted by atomic mass is 9.88. The molecule has 4 nitrogen and oxygen atoms in total. The maximum Gasteiger partial charge on any atom is 0.387 e. The predicted molar refractivity (Wildman–Crippen MR) is 74.8 cm³/mol. The molecule has 3 rings (SSSR count). The summed E-state index contributed by atoms with van der Waals surface area (Å²) in [6, 6.07) is 4.92. The molecule has 2 aliphatic heterocycles. The fourth-order valence-electron chi connectivity index (χ4n) is 3.12. The zero-order valence-corrected chi connectivity index (χ0v) is 11.9. The summed E-state index contributed by atoms with van der Waals surface area (Å²) >= 11 is 5.86. The van der Waals surface area contributed by atoms with Gasteiger partial charge in [-0.3, -0.25) is 4.79 Å². The van der Waals surface area contributed by atoms with Crippen LogP contribution in [0, 0.1) is 5.92 Å². The first-order chi connectivity index (χ1) is 10.0. The van der Waals surface area contributed by atoms with Crippen molar-refractivity contribution in [2.24, 2.45) is 5.92 Å². The summed E-state index contributed by atoms with van der Waals surface area (Å²) in [4.78, 5) is 12.2. The zero-order chi connectivity index (χ0) is 15.0. The number of carbonyl (C=O) groups is 1. The van der Waals surface area contributed by atoms with Crippen molar-refractivity contribution in [1.82, 2.24) is 5.32 Å². The molecule has 0 aromatic heterocycles. The van der Waals surface area contributed by atoms with Crippen molar-refractivity contribution in [1.29, 1.82) is 0 Å². The number of halogens is 3. The van der Waals surface area contributed by atoms with Crippen LogP contribution in [0.4, 0.5) is 14.5 Å². The van der Waals surface area contributed by atoms with Crippen molar-refractivity contribution in [3.8, 4) is 5.75 Å². The second-order valence-corrected chi connectivity index (χ2v) is 5.81. The van der Waals surface area contributed by atoms with E-state index in [2.05, 4.69) is 15.4 Å². The Morgan fingerprint density at radius 2 is 2.24 bits per heavy atom. The van der Waals surface area contributed by atoms with Gasteiger partial charge in [-0.1, -0.05) is 11.6 Å². The Balaban J connectivity index is 1.65. The summed E-state index contributed by atoms with van der Waals surface area (Å²) in [6.07, 6.45) is 2.99. The van der Waals surface area contributed by atoms with Gasteiger partial charge >= 0.3 is 6.61 Å². The third-order valence-electron chi connectivity index (χ3n) is 4.05. The Bertz CT molecular complexity index is 556. The van der Waals surface area contributed by atoms with Gasteiger partial charge in [0.05, 0.1) is 10.9 Å². The van der Waals surface area contributed by atoms with Gasteiger partial charge in [-0.05, 0) is 37.5 Å². The van der Waals surface area contributed by atoms with Crippen molar-refractivity contribution in [3.05, 3.63) is 23.2 Å². The van der Waals surface area contributed by atoms with Gasteiger partial charge in [-0.2, -0.15) is 8.78 Å². The summed E-state index contributed by atoms with van der Waals surface area (Å²) in [6.45, 7) is -2.93. The van der Waals surface area contributed by atoms with E-state index in [4.69, 9.17) is 11.6 Å². The topological polar surface area (TPSA) is 50.4 Å². The van der Waals surface area contributed by atoms with E-state index >= 15 is 0 Å². The molecule has 1 aromatic carbocycles. The van der Waals surface area contributed by atoms with E-state index < -0.39 is 6.61 Å². The molecular weight excluding hydrogens is 302 g/mol. The van der Waals surface area contributed by atoms with Gasteiger partial charge in [-0.25, -0.2) is 0 Å². The number of rotatable bonds is 4. The lowest BCUT2D eigenvalue weighted by Gasteiger charge is -2.19. The van der Waals surface area contributed by atoms with E-state index in [-0.39, 0.29) is 28.6 Å². The highest BCUT2D eigenvalue weighted by atomic mass is 35.5. The highest BCUT2D eigenvalue weighted by molar-refractivity contribution is 6.32. The van der Waals surface area contributed by atoms with E-state index in [1.54, 1.807) is 0 Å². The Morgan fingerprint density at radius 3 is 2.81 bits per heavy atom. The number of nitrogens with one attached hydrogen (secondary N) is 2. The minimum Gasteiger partial charge on any atom is -0.433 e. The average molecular weight is 317 g/mol. The van der Waals surface area contributed by atoms with Gasteiger partial charge in [-0.15, -0.1) is 0 Å². The van der Waals surface area contributed by atoms with Gasteiger partial charge in [0.2, 0.25) is 5.91 Å². The summed E-state index contributed by atoms with van der Waals surface area (Å²) in [5, 5.41) is 6.22. The first-order valence-corrected chi connectivity index (χ1v) is 7.22. The molecule has 114 valence electrons. The number of benzene rings is 1. The van der Waals surface area contributed by atoms with E-state index in [0.717, 1.165) is 19.3 Å². The molecule has 7 heteroatoms. The van der Waals surface area contributed by atoms with Crippen LogP contribution in [0.3, 0.4) is 0 Å². The minimum absolute atomic E-state index is 0.0409. The molecule has 1 aromatic rings. The fraction of sp³-hybridized carbons (Fsp3) is 0.500. The third-order valence-corrected chi connectivity index (χ3v) is 4.35. The first-order valence-electron chi connectivity index (χ1n) is 6.84. The van der Waals surface area contributed by atoms with Crippen molar-refractivity contribution in [2.45, 2.75) is 38.0 Å². The molecule has 0 radical (unpaired) electrons. The zero-order valence-electron chi connectivity index (χ0n) is 11.1. The summed E-state index contributed by atoms with van der Waals surface area (Å²) in [5.41, 5.74) is 0.481. The van der Waals surface area contributed by atoms with E-state index in [1.807, 2.05) is 0 Å². The second-order valence-electron chi connectivity index (χ2n) is 5.40. The number of ether oxygens (including phenoxy) is 1. The van der Waals surface area contributed by atoms with Crippen LogP contribution in [0.5, 0.6) is 5.75 Å². The normalized spacial score (nSPS) is 27.1. The molecule has 1 amide bonds. The number of hydrogen-bond donors (Lipinski definition) is 2. The third kappa shape index (κ3) is 3.11. The number of amides is 1. The quantitative estimate of drug-likeness (QED) is 0.897. The maximum absolute atomic E-state index is 12.2. The molecule has 2 fully saturated rings. The fourth-order valence-corrected chi connectivity index (χ4v) is 3.34. The van der Waals surface area contributed by atoms with Crippen LogP contribution in [-0.2, 0) is 4.79 Å². The Hall–Kier alpha value is -1.40. The molecule has 2 aliphatic rings. The molecule has 2 heterocycles. The van der Waals surface area contributed by atoms with Crippen LogP contribution >= 0.6 is 11.6 Å². The summed E-state index contributed by atoms with van der Waals surface area (Å²) in [5.74, 6) is -0.209. The minimum atomic E-state index is -2.93. The molecule has 0 spiro atoms. The van der Waals surface area contributed by atoms with Crippen LogP contribution < -0.4 is 15.4 Å². The molecule has 2 N–H and O–H groups in total. The van der Waals surface area contributed by atoms with Gasteiger partial charge in [0.15, 0.2) is 0 Å².